The zero-order chi connectivity index (χ0) is 12.4. The smallest absolute Gasteiger partial charge is 0.146 e. The van der Waals surface area contributed by atoms with E-state index in [1.165, 1.54) is 77.0 Å². The van der Waals surface area contributed by atoms with E-state index in [-0.39, 0.29) is 0 Å². The summed E-state index contributed by atoms with van der Waals surface area (Å²) in [7, 11) is 0.950. The summed E-state index contributed by atoms with van der Waals surface area (Å²) in [6.07, 6.45) is 17.6. The minimum Gasteiger partial charge on any atom is -0.422 e. The molecule has 0 spiro atoms. The molecule has 2 heteroatoms. The van der Waals surface area contributed by atoms with Crippen LogP contribution in [0.25, 0.3) is 0 Å². The largest absolute Gasteiger partial charge is 0.422 e. The van der Waals surface area contributed by atoms with Crippen LogP contribution >= 0.6 is 0 Å². The lowest BCUT2D eigenvalue weighted by atomic mass is 9.67. The van der Waals surface area contributed by atoms with E-state index in [4.69, 9.17) is 4.43 Å². The zero-order valence-corrected chi connectivity index (χ0v) is 14.1. The fourth-order valence-corrected chi connectivity index (χ4v) is 6.63. The summed E-state index contributed by atoms with van der Waals surface area (Å²) in [5, 5.41) is 0. The molecule has 0 unspecified atom stereocenters. The molecule has 104 valence electrons. The highest BCUT2D eigenvalue weighted by atomic mass is 28.2. The van der Waals surface area contributed by atoms with Crippen molar-refractivity contribution >= 4 is 10.5 Å². The lowest BCUT2D eigenvalue weighted by Gasteiger charge is -2.48. The van der Waals surface area contributed by atoms with Crippen molar-refractivity contribution in [2.75, 3.05) is 0 Å². The third-order valence-electron chi connectivity index (χ3n) is 6.33. The van der Waals surface area contributed by atoms with Gasteiger partial charge in [-0.3, -0.25) is 0 Å². The van der Waals surface area contributed by atoms with Gasteiger partial charge in [0.15, 0.2) is 0 Å². The molecule has 3 saturated carbocycles. The van der Waals surface area contributed by atoms with Gasteiger partial charge in [0.2, 0.25) is 0 Å². The third kappa shape index (κ3) is 2.09. The quantitative estimate of drug-likeness (QED) is 0.707. The Balaban J connectivity index is 1.87. The molecule has 0 heterocycles. The molecule has 0 aliphatic heterocycles. The maximum atomic E-state index is 6.53. The summed E-state index contributed by atoms with van der Waals surface area (Å²) in [6.45, 7) is 0. The van der Waals surface area contributed by atoms with E-state index >= 15 is 0 Å². The minimum absolute atomic E-state index is 0.343. The molecule has 0 aromatic carbocycles. The molecule has 0 bridgehead atoms. The Morgan fingerprint density at radius 1 is 0.611 bits per heavy atom. The van der Waals surface area contributed by atoms with E-state index in [0.717, 1.165) is 28.2 Å². The molecule has 0 aromatic heterocycles. The Bertz CT molecular complexity index is 219. The minimum atomic E-state index is 0.343. The SMILES string of the molecule is [SiH3]OC(C1CCCC1)(C1CCCC1)C1CCCC1. The highest BCUT2D eigenvalue weighted by molar-refractivity contribution is 5.98. The van der Waals surface area contributed by atoms with E-state index in [0.29, 0.717) is 5.60 Å². The molecular weight excluding hydrogens is 236 g/mol. The first kappa shape index (κ1) is 13.2. The van der Waals surface area contributed by atoms with Gasteiger partial charge < -0.3 is 4.43 Å². The van der Waals surface area contributed by atoms with Crippen LogP contribution in [-0.4, -0.2) is 16.1 Å². The molecule has 3 aliphatic carbocycles. The maximum absolute atomic E-state index is 6.53. The van der Waals surface area contributed by atoms with Crippen molar-refractivity contribution in [3.63, 3.8) is 0 Å². The number of hydrogen-bond acceptors (Lipinski definition) is 1. The van der Waals surface area contributed by atoms with Crippen LogP contribution in [0, 0.1) is 17.8 Å². The van der Waals surface area contributed by atoms with E-state index in [2.05, 4.69) is 0 Å². The Labute approximate surface area is 116 Å². The topological polar surface area (TPSA) is 9.23 Å². The summed E-state index contributed by atoms with van der Waals surface area (Å²) >= 11 is 0. The summed E-state index contributed by atoms with van der Waals surface area (Å²) in [5.41, 5.74) is 0.343. The van der Waals surface area contributed by atoms with Crippen molar-refractivity contribution < 1.29 is 4.43 Å². The van der Waals surface area contributed by atoms with Gasteiger partial charge in [-0.2, -0.15) is 0 Å². The predicted octanol–water partition coefficient (Wildman–Crippen LogP) is 3.59. The Hall–Kier alpha value is 0.177. The van der Waals surface area contributed by atoms with Gasteiger partial charge >= 0.3 is 0 Å². The molecular formula is C16H30OSi. The van der Waals surface area contributed by atoms with Gasteiger partial charge in [-0.15, -0.1) is 0 Å². The van der Waals surface area contributed by atoms with Crippen molar-refractivity contribution in [3.05, 3.63) is 0 Å². The highest BCUT2D eigenvalue weighted by Crippen LogP contribution is 2.53. The molecule has 3 rings (SSSR count). The van der Waals surface area contributed by atoms with Crippen LogP contribution in [0.3, 0.4) is 0 Å². The van der Waals surface area contributed by atoms with Crippen LogP contribution in [0.5, 0.6) is 0 Å². The molecule has 18 heavy (non-hydrogen) atoms. The molecule has 0 aromatic rings. The van der Waals surface area contributed by atoms with Crippen LogP contribution < -0.4 is 0 Å². The molecule has 0 radical (unpaired) electrons. The Morgan fingerprint density at radius 2 is 0.889 bits per heavy atom. The van der Waals surface area contributed by atoms with Gasteiger partial charge in [0, 0.05) is 0 Å². The second-order valence-corrected chi connectivity index (χ2v) is 7.41. The van der Waals surface area contributed by atoms with Crippen LogP contribution in [0.2, 0.25) is 0 Å². The molecule has 0 amide bonds. The second kappa shape index (κ2) is 5.66. The standard InChI is InChI=1S/C16H30OSi/c18-17-16(13-7-1-2-8-13,14-9-3-4-10-14)15-11-5-6-12-15/h13-15H,1-12H2,18H3. The average molecular weight is 267 g/mol. The van der Waals surface area contributed by atoms with Crippen molar-refractivity contribution in [2.24, 2.45) is 17.8 Å². The number of hydrogen-bond donors (Lipinski definition) is 0. The zero-order valence-electron chi connectivity index (χ0n) is 12.1. The van der Waals surface area contributed by atoms with Crippen LogP contribution in [0.4, 0.5) is 0 Å². The Kier molecular flexibility index (Phi) is 4.14. The van der Waals surface area contributed by atoms with Gasteiger partial charge in [0.1, 0.15) is 10.5 Å². The van der Waals surface area contributed by atoms with E-state index < -0.39 is 0 Å². The van der Waals surface area contributed by atoms with Crippen molar-refractivity contribution in [1.82, 2.24) is 0 Å². The lowest BCUT2D eigenvalue weighted by Crippen LogP contribution is -2.51. The normalized spacial score (nSPS) is 28.7. The first-order chi connectivity index (χ1) is 8.88. The first-order valence-corrected chi connectivity index (χ1v) is 9.24. The number of rotatable bonds is 4. The molecule has 0 atom stereocenters. The van der Waals surface area contributed by atoms with Gasteiger partial charge in [0.05, 0.1) is 5.60 Å². The second-order valence-electron chi connectivity index (χ2n) is 7.00. The first-order valence-electron chi connectivity index (χ1n) is 8.43. The summed E-state index contributed by atoms with van der Waals surface area (Å²) < 4.78 is 6.53. The molecule has 3 aliphatic rings. The van der Waals surface area contributed by atoms with Crippen molar-refractivity contribution in [2.45, 2.75) is 82.7 Å². The van der Waals surface area contributed by atoms with Crippen LogP contribution in [-0.2, 0) is 4.43 Å². The maximum Gasteiger partial charge on any atom is 0.146 e. The monoisotopic (exact) mass is 266 g/mol. The van der Waals surface area contributed by atoms with Gasteiger partial charge in [-0.05, 0) is 56.3 Å². The average Bonchev–Trinajstić information content (AvgIpc) is 3.16. The van der Waals surface area contributed by atoms with Crippen LogP contribution in [0.1, 0.15) is 77.0 Å². The summed E-state index contributed by atoms with van der Waals surface area (Å²) in [6, 6.07) is 0. The van der Waals surface area contributed by atoms with E-state index in [1.54, 1.807) is 0 Å². The lowest BCUT2D eigenvalue weighted by molar-refractivity contribution is -0.0840. The van der Waals surface area contributed by atoms with Gasteiger partial charge in [0.25, 0.3) is 0 Å². The molecule has 3 fully saturated rings. The van der Waals surface area contributed by atoms with Gasteiger partial charge in [-0.1, -0.05) is 38.5 Å². The summed E-state index contributed by atoms with van der Waals surface area (Å²) in [4.78, 5) is 0. The molecule has 0 N–H and O–H groups in total. The molecule has 1 nitrogen and oxygen atoms in total. The van der Waals surface area contributed by atoms with E-state index in [9.17, 15) is 0 Å². The third-order valence-corrected chi connectivity index (χ3v) is 7.04. The fraction of sp³-hybridized carbons (Fsp3) is 1.00. The fourth-order valence-electron chi connectivity index (χ4n) is 5.63. The summed E-state index contributed by atoms with van der Waals surface area (Å²) in [5.74, 6) is 2.75. The Morgan fingerprint density at radius 3 is 1.11 bits per heavy atom. The van der Waals surface area contributed by atoms with Crippen molar-refractivity contribution in [3.8, 4) is 0 Å². The van der Waals surface area contributed by atoms with Crippen molar-refractivity contribution in [1.29, 1.82) is 0 Å². The van der Waals surface area contributed by atoms with E-state index in [1.807, 2.05) is 0 Å². The van der Waals surface area contributed by atoms with Gasteiger partial charge in [-0.25, -0.2) is 0 Å². The molecule has 0 saturated heterocycles. The van der Waals surface area contributed by atoms with Crippen LogP contribution in [0.15, 0.2) is 0 Å². The predicted molar refractivity (Wildman–Crippen MR) is 79.6 cm³/mol. The highest BCUT2D eigenvalue weighted by Gasteiger charge is 2.51.